The van der Waals surface area contributed by atoms with Gasteiger partial charge in [-0.25, -0.2) is 14.3 Å². The van der Waals surface area contributed by atoms with Gasteiger partial charge in [0.1, 0.15) is 5.82 Å². The molecule has 0 fully saturated rings. The highest BCUT2D eigenvalue weighted by Crippen LogP contribution is 2.04. The SMILES string of the molecule is CCCCOC(=O)n1ccnc1CCCC. The summed E-state index contributed by atoms with van der Waals surface area (Å²) in [6.07, 6.45) is 7.90. The third-order valence-corrected chi connectivity index (χ3v) is 2.39. The van der Waals surface area contributed by atoms with Gasteiger partial charge in [-0.3, -0.25) is 0 Å². The Bertz CT molecular complexity index is 321. The fourth-order valence-corrected chi connectivity index (χ4v) is 1.39. The minimum absolute atomic E-state index is 0.308. The molecule has 0 atom stereocenters. The third kappa shape index (κ3) is 3.68. The summed E-state index contributed by atoms with van der Waals surface area (Å²) in [4.78, 5) is 15.8. The van der Waals surface area contributed by atoms with E-state index in [0.717, 1.165) is 37.9 Å². The van der Waals surface area contributed by atoms with Crippen LogP contribution in [-0.2, 0) is 11.2 Å². The normalized spacial score (nSPS) is 10.4. The molecule has 0 saturated heterocycles. The molecule has 1 aromatic rings. The second kappa shape index (κ2) is 7.04. The lowest BCUT2D eigenvalue weighted by molar-refractivity contribution is 0.145. The van der Waals surface area contributed by atoms with Crippen molar-refractivity contribution < 1.29 is 9.53 Å². The van der Waals surface area contributed by atoms with E-state index in [1.54, 1.807) is 12.4 Å². The zero-order chi connectivity index (χ0) is 11.8. The Morgan fingerprint density at radius 3 is 2.81 bits per heavy atom. The molecule has 0 spiro atoms. The molecular formula is C12H20N2O2. The van der Waals surface area contributed by atoms with Crippen LogP contribution in [0.25, 0.3) is 0 Å². The predicted molar refractivity (Wildman–Crippen MR) is 62.5 cm³/mol. The van der Waals surface area contributed by atoms with Gasteiger partial charge in [-0.15, -0.1) is 0 Å². The smallest absolute Gasteiger partial charge is 0.419 e. The van der Waals surface area contributed by atoms with Crippen LogP contribution in [0.3, 0.4) is 0 Å². The number of nitrogens with zero attached hydrogens (tertiary/aromatic N) is 2. The number of hydrogen-bond acceptors (Lipinski definition) is 3. The molecule has 4 nitrogen and oxygen atoms in total. The first kappa shape index (κ1) is 12.7. The molecule has 0 unspecified atom stereocenters. The fourth-order valence-electron chi connectivity index (χ4n) is 1.39. The van der Waals surface area contributed by atoms with E-state index in [1.165, 1.54) is 4.57 Å². The number of carbonyl (C=O) groups excluding carboxylic acids is 1. The minimum atomic E-state index is -0.308. The second-order valence-electron chi connectivity index (χ2n) is 3.78. The summed E-state index contributed by atoms with van der Waals surface area (Å²) in [5, 5.41) is 0. The number of rotatable bonds is 6. The topological polar surface area (TPSA) is 44.1 Å². The zero-order valence-corrected chi connectivity index (χ0v) is 10.1. The first-order chi connectivity index (χ1) is 7.79. The molecule has 0 aromatic carbocycles. The number of imidazole rings is 1. The monoisotopic (exact) mass is 224 g/mol. The van der Waals surface area contributed by atoms with Gasteiger partial charge in [-0.05, 0) is 12.8 Å². The molecule has 0 aliphatic heterocycles. The summed E-state index contributed by atoms with van der Waals surface area (Å²) >= 11 is 0. The van der Waals surface area contributed by atoms with Gasteiger partial charge in [0.15, 0.2) is 0 Å². The van der Waals surface area contributed by atoms with E-state index in [4.69, 9.17) is 4.74 Å². The third-order valence-electron chi connectivity index (χ3n) is 2.39. The Labute approximate surface area is 96.6 Å². The van der Waals surface area contributed by atoms with Gasteiger partial charge in [0, 0.05) is 18.8 Å². The summed E-state index contributed by atoms with van der Waals surface area (Å²) in [6.45, 7) is 4.67. The standard InChI is InChI=1S/C12H20N2O2/c1-3-5-7-11-13-8-9-14(11)12(15)16-10-6-4-2/h8-9H,3-7,10H2,1-2H3. The quantitative estimate of drug-likeness (QED) is 0.698. The molecule has 0 bridgehead atoms. The molecule has 16 heavy (non-hydrogen) atoms. The van der Waals surface area contributed by atoms with Crippen molar-refractivity contribution in [3.8, 4) is 0 Å². The largest absolute Gasteiger partial charge is 0.449 e. The van der Waals surface area contributed by atoms with Crippen LogP contribution in [0.5, 0.6) is 0 Å². The summed E-state index contributed by atoms with van der Waals surface area (Å²) in [7, 11) is 0. The van der Waals surface area contributed by atoms with Crippen molar-refractivity contribution in [2.24, 2.45) is 0 Å². The molecule has 0 radical (unpaired) electrons. The van der Waals surface area contributed by atoms with Crippen molar-refractivity contribution in [1.29, 1.82) is 0 Å². The highest BCUT2D eigenvalue weighted by molar-refractivity contribution is 5.70. The van der Waals surface area contributed by atoms with Crippen molar-refractivity contribution in [1.82, 2.24) is 9.55 Å². The van der Waals surface area contributed by atoms with E-state index >= 15 is 0 Å². The van der Waals surface area contributed by atoms with Gasteiger partial charge in [0.25, 0.3) is 0 Å². The van der Waals surface area contributed by atoms with Crippen LogP contribution < -0.4 is 0 Å². The Morgan fingerprint density at radius 1 is 1.38 bits per heavy atom. The van der Waals surface area contributed by atoms with Crippen LogP contribution in [0, 0.1) is 0 Å². The van der Waals surface area contributed by atoms with Crippen LogP contribution in [0.15, 0.2) is 12.4 Å². The molecule has 4 heteroatoms. The van der Waals surface area contributed by atoms with E-state index in [0.29, 0.717) is 6.61 Å². The van der Waals surface area contributed by atoms with Gasteiger partial charge in [-0.2, -0.15) is 0 Å². The average molecular weight is 224 g/mol. The van der Waals surface area contributed by atoms with Crippen LogP contribution >= 0.6 is 0 Å². The Hall–Kier alpha value is -1.32. The van der Waals surface area contributed by atoms with Crippen molar-refractivity contribution in [3.63, 3.8) is 0 Å². The molecule has 0 aliphatic rings. The average Bonchev–Trinajstić information content (AvgIpc) is 2.74. The molecule has 0 N–H and O–H groups in total. The highest BCUT2D eigenvalue weighted by Gasteiger charge is 2.10. The molecule has 0 amide bonds. The maximum Gasteiger partial charge on any atom is 0.419 e. The van der Waals surface area contributed by atoms with Crippen molar-refractivity contribution in [2.45, 2.75) is 46.0 Å². The van der Waals surface area contributed by atoms with E-state index < -0.39 is 0 Å². The van der Waals surface area contributed by atoms with Gasteiger partial charge < -0.3 is 4.74 Å². The lowest BCUT2D eigenvalue weighted by Gasteiger charge is -2.06. The number of hydrogen-bond donors (Lipinski definition) is 0. The second-order valence-corrected chi connectivity index (χ2v) is 3.78. The maximum atomic E-state index is 11.7. The number of carbonyl (C=O) groups is 1. The predicted octanol–water partition coefficient (Wildman–Crippen LogP) is 3.01. The first-order valence-corrected chi connectivity index (χ1v) is 5.99. The summed E-state index contributed by atoms with van der Waals surface area (Å²) in [5.74, 6) is 0.795. The minimum Gasteiger partial charge on any atom is -0.449 e. The molecule has 1 heterocycles. The van der Waals surface area contributed by atoms with E-state index in [2.05, 4.69) is 18.8 Å². The molecular weight excluding hydrogens is 204 g/mol. The van der Waals surface area contributed by atoms with E-state index in [1.807, 2.05) is 0 Å². The molecule has 1 rings (SSSR count). The Kier molecular flexibility index (Phi) is 5.61. The number of aromatic nitrogens is 2. The number of aryl methyl sites for hydroxylation is 1. The van der Waals surface area contributed by atoms with Crippen LogP contribution in [0.2, 0.25) is 0 Å². The maximum absolute atomic E-state index is 11.7. The van der Waals surface area contributed by atoms with Crippen LogP contribution in [0.4, 0.5) is 4.79 Å². The lowest BCUT2D eigenvalue weighted by Crippen LogP contribution is -2.16. The van der Waals surface area contributed by atoms with Crippen LogP contribution in [-0.4, -0.2) is 22.3 Å². The lowest BCUT2D eigenvalue weighted by atomic mass is 10.2. The summed E-state index contributed by atoms with van der Waals surface area (Å²) in [5.41, 5.74) is 0. The van der Waals surface area contributed by atoms with E-state index in [9.17, 15) is 4.79 Å². The summed E-state index contributed by atoms with van der Waals surface area (Å²) in [6, 6.07) is 0. The molecule has 90 valence electrons. The first-order valence-electron chi connectivity index (χ1n) is 5.99. The van der Waals surface area contributed by atoms with Crippen molar-refractivity contribution in [3.05, 3.63) is 18.2 Å². The Balaban J connectivity index is 2.50. The van der Waals surface area contributed by atoms with Crippen molar-refractivity contribution in [2.75, 3.05) is 6.61 Å². The fraction of sp³-hybridized carbons (Fsp3) is 0.667. The zero-order valence-electron chi connectivity index (χ0n) is 10.1. The van der Waals surface area contributed by atoms with Crippen molar-refractivity contribution >= 4 is 6.09 Å². The van der Waals surface area contributed by atoms with E-state index in [-0.39, 0.29) is 6.09 Å². The summed E-state index contributed by atoms with van der Waals surface area (Å²) < 4.78 is 6.64. The van der Waals surface area contributed by atoms with Gasteiger partial charge in [-0.1, -0.05) is 26.7 Å². The van der Waals surface area contributed by atoms with Gasteiger partial charge in [0.05, 0.1) is 6.61 Å². The molecule has 0 saturated carbocycles. The molecule has 0 aliphatic carbocycles. The number of ether oxygens (including phenoxy) is 1. The molecule has 1 aromatic heterocycles. The highest BCUT2D eigenvalue weighted by atomic mass is 16.5. The number of unbranched alkanes of at least 4 members (excludes halogenated alkanes) is 2. The Morgan fingerprint density at radius 2 is 2.12 bits per heavy atom. The van der Waals surface area contributed by atoms with Gasteiger partial charge in [0.2, 0.25) is 0 Å². The van der Waals surface area contributed by atoms with Gasteiger partial charge >= 0.3 is 6.09 Å². The van der Waals surface area contributed by atoms with Crippen LogP contribution in [0.1, 0.15) is 45.4 Å².